The first-order chi connectivity index (χ1) is 12.1. The molecule has 5 unspecified atom stereocenters. The molecule has 3 fully saturated rings. The van der Waals surface area contributed by atoms with Crippen LogP contribution in [0.25, 0.3) is 0 Å². The second-order valence-corrected chi connectivity index (χ2v) is 9.95. The lowest BCUT2D eigenvalue weighted by Gasteiger charge is -2.49. The summed E-state index contributed by atoms with van der Waals surface area (Å²) in [6.45, 7) is 11.8. The van der Waals surface area contributed by atoms with Gasteiger partial charge in [-0.25, -0.2) is 0 Å². The smallest absolute Gasteiger partial charge is 0.0266 e. The van der Waals surface area contributed by atoms with Gasteiger partial charge in [-0.3, -0.25) is 0 Å². The van der Waals surface area contributed by atoms with E-state index in [2.05, 4.69) is 34.6 Å². The lowest BCUT2D eigenvalue weighted by molar-refractivity contribution is 0.000711. The fourth-order valence-corrected chi connectivity index (χ4v) is 6.97. The molecule has 0 radical (unpaired) electrons. The van der Waals surface area contributed by atoms with Crippen molar-refractivity contribution in [2.45, 2.75) is 125 Å². The molecule has 6 atom stereocenters. The zero-order valence-corrected chi connectivity index (χ0v) is 18.8. The van der Waals surface area contributed by atoms with Crippen LogP contribution in [0.4, 0.5) is 0 Å². The van der Waals surface area contributed by atoms with Crippen molar-refractivity contribution in [1.29, 1.82) is 0 Å². The third kappa shape index (κ3) is 5.49. The first-order valence-electron chi connectivity index (χ1n) is 12.1. The van der Waals surface area contributed by atoms with Gasteiger partial charge in [0.05, 0.1) is 0 Å². The van der Waals surface area contributed by atoms with E-state index in [1.807, 2.05) is 0 Å². The SMILES string of the molecule is CCC.CCC1CCCCC2C(CCC1)CCC1(C)C2CC[C@@H]1CC.O. The van der Waals surface area contributed by atoms with Crippen molar-refractivity contribution >= 4 is 0 Å². The monoisotopic (exact) mass is 366 g/mol. The fraction of sp³-hybridized carbons (Fsp3) is 1.00. The van der Waals surface area contributed by atoms with Crippen molar-refractivity contribution < 1.29 is 5.48 Å². The van der Waals surface area contributed by atoms with E-state index >= 15 is 0 Å². The third-order valence-electron chi connectivity index (χ3n) is 8.44. The average Bonchev–Trinajstić information content (AvgIpc) is 2.95. The van der Waals surface area contributed by atoms with Crippen molar-refractivity contribution in [3.63, 3.8) is 0 Å². The van der Waals surface area contributed by atoms with Crippen LogP contribution in [0.2, 0.25) is 0 Å². The topological polar surface area (TPSA) is 31.5 Å². The molecule has 156 valence electrons. The zero-order chi connectivity index (χ0) is 18.3. The molecule has 0 bridgehead atoms. The molecule has 0 aliphatic heterocycles. The van der Waals surface area contributed by atoms with Gasteiger partial charge in [0.2, 0.25) is 0 Å². The van der Waals surface area contributed by atoms with Crippen molar-refractivity contribution in [1.82, 2.24) is 0 Å². The van der Waals surface area contributed by atoms with E-state index in [1.54, 1.807) is 38.5 Å². The quantitative estimate of drug-likeness (QED) is 0.477. The molecule has 3 aliphatic rings. The van der Waals surface area contributed by atoms with Crippen LogP contribution in [0.15, 0.2) is 0 Å². The minimum atomic E-state index is 0. The maximum Gasteiger partial charge on any atom is -0.0266 e. The predicted molar refractivity (Wildman–Crippen MR) is 117 cm³/mol. The summed E-state index contributed by atoms with van der Waals surface area (Å²) in [5, 5.41) is 0. The van der Waals surface area contributed by atoms with Gasteiger partial charge in [-0.1, -0.05) is 92.4 Å². The van der Waals surface area contributed by atoms with Gasteiger partial charge in [-0.05, 0) is 67.1 Å². The van der Waals surface area contributed by atoms with Crippen LogP contribution in [0.3, 0.4) is 0 Å². The van der Waals surface area contributed by atoms with E-state index in [9.17, 15) is 0 Å². The van der Waals surface area contributed by atoms with Crippen LogP contribution in [-0.4, -0.2) is 5.48 Å². The highest BCUT2D eigenvalue weighted by atomic mass is 16.0. The first-order valence-corrected chi connectivity index (χ1v) is 12.1. The van der Waals surface area contributed by atoms with Gasteiger partial charge >= 0.3 is 0 Å². The summed E-state index contributed by atoms with van der Waals surface area (Å²) in [6, 6.07) is 0. The standard InChI is InChI=1S/C22H40.C3H8.H2O/c1-4-17-9-6-7-12-20-18(11-8-10-17)15-16-22(3)19(5-2)13-14-21(20)22;1-3-2;/h17-21H,4-16H2,1-3H3;3H2,1-2H3;1H2/t17?,18?,19-,20?,21?,22?;;/m0../s1. The molecule has 3 saturated carbocycles. The van der Waals surface area contributed by atoms with Crippen molar-refractivity contribution in [3.05, 3.63) is 0 Å². The molecular formula is C25H50O. The largest absolute Gasteiger partial charge is 0.412 e. The minimum absolute atomic E-state index is 0. The van der Waals surface area contributed by atoms with E-state index in [1.165, 1.54) is 51.4 Å². The molecule has 0 spiro atoms. The molecule has 3 rings (SSSR count). The fourth-order valence-electron chi connectivity index (χ4n) is 6.97. The highest BCUT2D eigenvalue weighted by molar-refractivity contribution is 5.02. The predicted octanol–water partition coefficient (Wildman–Crippen LogP) is 7.82. The Kier molecular flexibility index (Phi) is 10.8. The molecule has 0 aromatic heterocycles. The second kappa shape index (κ2) is 11.7. The number of hydrogen-bond acceptors (Lipinski definition) is 0. The van der Waals surface area contributed by atoms with Crippen LogP contribution >= 0.6 is 0 Å². The number of rotatable bonds is 2. The van der Waals surface area contributed by atoms with Gasteiger partial charge in [0, 0.05) is 0 Å². The number of hydrogen-bond donors (Lipinski definition) is 0. The Morgan fingerprint density at radius 1 is 0.731 bits per heavy atom. The summed E-state index contributed by atoms with van der Waals surface area (Å²) >= 11 is 0. The van der Waals surface area contributed by atoms with Crippen LogP contribution in [-0.2, 0) is 0 Å². The summed E-state index contributed by atoms with van der Waals surface area (Å²) < 4.78 is 0. The van der Waals surface area contributed by atoms with Gasteiger partial charge in [0.1, 0.15) is 0 Å². The summed E-state index contributed by atoms with van der Waals surface area (Å²) in [6.07, 6.45) is 21.1. The minimum Gasteiger partial charge on any atom is -0.412 e. The van der Waals surface area contributed by atoms with Gasteiger partial charge in [0.15, 0.2) is 0 Å². The Hall–Kier alpha value is -0.0400. The average molecular weight is 367 g/mol. The normalized spacial score (nSPS) is 40.3. The molecule has 1 nitrogen and oxygen atoms in total. The molecule has 0 aromatic carbocycles. The molecule has 2 N–H and O–H groups in total. The van der Waals surface area contributed by atoms with E-state index in [0.29, 0.717) is 5.41 Å². The van der Waals surface area contributed by atoms with Crippen LogP contribution < -0.4 is 0 Å². The van der Waals surface area contributed by atoms with E-state index in [0.717, 1.165) is 29.6 Å². The van der Waals surface area contributed by atoms with Gasteiger partial charge in [-0.2, -0.15) is 0 Å². The molecule has 0 aromatic rings. The molecule has 26 heavy (non-hydrogen) atoms. The maximum absolute atomic E-state index is 2.68. The molecule has 0 heterocycles. The lowest BCUT2D eigenvalue weighted by Crippen LogP contribution is -2.41. The zero-order valence-electron chi connectivity index (χ0n) is 18.8. The maximum atomic E-state index is 2.68. The summed E-state index contributed by atoms with van der Waals surface area (Å²) in [5.41, 5.74) is 0.714. The van der Waals surface area contributed by atoms with E-state index in [4.69, 9.17) is 0 Å². The van der Waals surface area contributed by atoms with Crippen LogP contribution in [0.5, 0.6) is 0 Å². The van der Waals surface area contributed by atoms with Gasteiger partial charge < -0.3 is 5.48 Å². The molecular weight excluding hydrogens is 316 g/mol. The molecule has 3 aliphatic carbocycles. The van der Waals surface area contributed by atoms with Gasteiger partial charge in [0.25, 0.3) is 0 Å². The second-order valence-electron chi connectivity index (χ2n) is 9.95. The summed E-state index contributed by atoms with van der Waals surface area (Å²) in [4.78, 5) is 0. The Morgan fingerprint density at radius 2 is 1.38 bits per heavy atom. The Bertz CT molecular complexity index is 365. The molecule has 0 amide bonds. The third-order valence-corrected chi connectivity index (χ3v) is 8.44. The van der Waals surface area contributed by atoms with Crippen molar-refractivity contribution in [2.24, 2.45) is 35.0 Å². The Balaban J connectivity index is 0.000000791. The van der Waals surface area contributed by atoms with Crippen LogP contribution in [0, 0.1) is 35.0 Å². The van der Waals surface area contributed by atoms with E-state index < -0.39 is 0 Å². The molecule has 0 saturated heterocycles. The van der Waals surface area contributed by atoms with Crippen LogP contribution in [0.1, 0.15) is 125 Å². The Morgan fingerprint density at radius 3 is 2.04 bits per heavy atom. The van der Waals surface area contributed by atoms with Crippen molar-refractivity contribution in [3.8, 4) is 0 Å². The van der Waals surface area contributed by atoms with Gasteiger partial charge in [-0.15, -0.1) is 0 Å². The highest BCUT2D eigenvalue weighted by Gasteiger charge is 2.52. The lowest BCUT2D eigenvalue weighted by atomic mass is 9.56. The van der Waals surface area contributed by atoms with E-state index in [-0.39, 0.29) is 5.48 Å². The van der Waals surface area contributed by atoms with Crippen molar-refractivity contribution in [2.75, 3.05) is 0 Å². The Labute approximate surface area is 165 Å². The first kappa shape index (κ1) is 24.0. The molecule has 1 heteroatoms. The summed E-state index contributed by atoms with van der Waals surface area (Å²) in [5.74, 6) is 5.34. The number of fused-ring (bicyclic) bond motifs is 3. The summed E-state index contributed by atoms with van der Waals surface area (Å²) in [7, 11) is 0. The highest BCUT2D eigenvalue weighted by Crippen LogP contribution is 2.61.